The molecule has 94 valence electrons. The van der Waals surface area contributed by atoms with E-state index in [0.29, 0.717) is 10.6 Å². The van der Waals surface area contributed by atoms with Crippen LogP contribution in [-0.4, -0.2) is 0 Å². The number of benzene rings is 2. The van der Waals surface area contributed by atoms with Gasteiger partial charge in [0.15, 0.2) is 0 Å². The molecule has 0 saturated carbocycles. The predicted octanol–water partition coefficient (Wildman–Crippen LogP) is 4.60. The smallest absolute Gasteiger partial charge is 0.123 e. The van der Waals surface area contributed by atoms with Crippen LogP contribution in [0.25, 0.3) is 0 Å². The molecule has 0 bridgehead atoms. The zero-order valence-corrected chi connectivity index (χ0v) is 12.1. The summed E-state index contributed by atoms with van der Waals surface area (Å²) in [6.45, 7) is 2.00. The van der Waals surface area contributed by atoms with Gasteiger partial charge >= 0.3 is 0 Å². The van der Waals surface area contributed by atoms with Crippen molar-refractivity contribution in [1.29, 1.82) is 0 Å². The van der Waals surface area contributed by atoms with Gasteiger partial charge in [0.1, 0.15) is 5.82 Å². The lowest BCUT2D eigenvalue weighted by atomic mass is 9.98. The van der Waals surface area contributed by atoms with Crippen LogP contribution in [-0.2, 0) is 0 Å². The number of aryl methyl sites for hydroxylation is 1. The van der Waals surface area contributed by atoms with Gasteiger partial charge in [-0.25, -0.2) is 4.39 Å². The van der Waals surface area contributed by atoms with E-state index in [4.69, 9.17) is 17.3 Å². The Balaban J connectivity index is 2.47. The van der Waals surface area contributed by atoms with Crippen LogP contribution in [0.3, 0.4) is 0 Å². The highest BCUT2D eigenvalue weighted by Gasteiger charge is 2.16. The molecule has 0 aliphatic rings. The third kappa shape index (κ3) is 2.74. The first-order valence-corrected chi connectivity index (χ1v) is 6.62. The molecule has 2 aromatic rings. The lowest BCUT2D eigenvalue weighted by Gasteiger charge is -2.16. The first kappa shape index (κ1) is 13.5. The lowest BCUT2D eigenvalue weighted by molar-refractivity contribution is 0.623. The van der Waals surface area contributed by atoms with Crippen LogP contribution in [0.5, 0.6) is 0 Å². The molecule has 0 radical (unpaired) electrons. The Labute approximate surface area is 119 Å². The van der Waals surface area contributed by atoms with Gasteiger partial charge in [0.2, 0.25) is 0 Å². The molecule has 18 heavy (non-hydrogen) atoms. The maximum absolute atomic E-state index is 13.3. The summed E-state index contributed by atoms with van der Waals surface area (Å²) in [6.07, 6.45) is 0. The molecule has 0 heterocycles. The first-order chi connectivity index (χ1) is 8.49. The van der Waals surface area contributed by atoms with E-state index in [1.165, 1.54) is 18.2 Å². The Hall–Kier alpha value is -0.900. The van der Waals surface area contributed by atoms with Crippen LogP contribution in [0.1, 0.15) is 22.7 Å². The van der Waals surface area contributed by atoms with Crippen LogP contribution < -0.4 is 5.73 Å². The average Bonchev–Trinajstić information content (AvgIpc) is 2.31. The fourth-order valence-corrected chi connectivity index (χ4v) is 2.78. The largest absolute Gasteiger partial charge is 0.320 e. The maximum atomic E-state index is 13.3. The zero-order chi connectivity index (χ0) is 13.3. The van der Waals surface area contributed by atoms with Crippen molar-refractivity contribution >= 4 is 27.5 Å². The van der Waals surface area contributed by atoms with E-state index >= 15 is 0 Å². The Kier molecular flexibility index (Phi) is 4.05. The van der Waals surface area contributed by atoms with Gasteiger partial charge in [0.05, 0.1) is 6.04 Å². The van der Waals surface area contributed by atoms with Crippen molar-refractivity contribution in [3.05, 3.63) is 68.4 Å². The van der Waals surface area contributed by atoms with Crippen molar-refractivity contribution < 1.29 is 4.39 Å². The molecule has 0 saturated heterocycles. The van der Waals surface area contributed by atoms with Crippen LogP contribution in [0, 0.1) is 12.7 Å². The molecule has 0 aliphatic heterocycles. The average molecular weight is 329 g/mol. The summed E-state index contributed by atoms with van der Waals surface area (Å²) in [7, 11) is 0. The van der Waals surface area contributed by atoms with Gasteiger partial charge in [-0.1, -0.05) is 39.7 Å². The Morgan fingerprint density at radius 3 is 2.56 bits per heavy atom. The molecular weight excluding hydrogens is 317 g/mol. The van der Waals surface area contributed by atoms with E-state index in [2.05, 4.69) is 15.9 Å². The van der Waals surface area contributed by atoms with E-state index in [1.54, 1.807) is 0 Å². The normalized spacial score (nSPS) is 12.5. The fraction of sp³-hybridized carbons (Fsp3) is 0.143. The standard InChI is InChI=1S/C14H12BrClFN/c1-8-2-4-10(12(15)6-8)14(18)11-7-9(17)3-5-13(11)16/h2-7,14H,18H2,1H3. The monoisotopic (exact) mass is 327 g/mol. The van der Waals surface area contributed by atoms with Crippen molar-refractivity contribution in [3.63, 3.8) is 0 Å². The number of hydrogen-bond donors (Lipinski definition) is 1. The third-order valence-electron chi connectivity index (χ3n) is 2.78. The van der Waals surface area contributed by atoms with Crippen LogP contribution in [0.4, 0.5) is 4.39 Å². The van der Waals surface area contributed by atoms with E-state index in [1.807, 2.05) is 25.1 Å². The van der Waals surface area contributed by atoms with Crippen molar-refractivity contribution in [2.75, 3.05) is 0 Å². The van der Waals surface area contributed by atoms with Crippen molar-refractivity contribution in [2.24, 2.45) is 5.73 Å². The van der Waals surface area contributed by atoms with Gasteiger partial charge in [0.25, 0.3) is 0 Å². The molecule has 2 N–H and O–H groups in total. The van der Waals surface area contributed by atoms with Gasteiger partial charge < -0.3 is 5.73 Å². The minimum Gasteiger partial charge on any atom is -0.320 e. The molecular formula is C14H12BrClFN. The van der Waals surface area contributed by atoms with E-state index in [0.717, 1.165) is 15.6 Å². The molecule has 0 fully saturated rings. The van der Waals surface area contributed by atoms with Gasteiger partial charge in [0, 0.05) is 9.50 Å². The highest BCUT2D eigenvalue weighted by Crippen LogP contribution is 2.31. The third-order valence-corrected chi connectivity index (χ3v) is 3.82. The molecule has 1 nitrogen and oxygen atoms in total. The summed E-state index contributed by atoms with van der Waals surface area (Å²) in [5.74, 6) is -0.340. The second-order valence-corrected chi connectivity index (χ2v) is 5.43. The summed E-state index contributed by atoms with van der Waals surface area (Å²) in [5.41, 5.74) is 8.75. The first-order valence-electron chi connectivity index (χ1n) is 5.45. The van der Waals surface area contributed by atoms with Crippen LogP contribution >= 0.6 is 27.5 Å². The quantitative estimate of drug-likeness (QED) is 0.856. The minimum absolute atomic E-state index is 0.340. The second-order valence-electron chi connectivity index (χ2n) is 4.17. The maximum Gasteiger partial charge on any atom is 0.123 e. The number of rotatable bonds is 2. The molecule has 4 heteroatoms. The second kappa shape index (κ2) is 5.39. The predicted molar refractivity (Wildman–Crippen MR) is 76.3 cm³/mol. The molecule has 2 rings (SSSR count). The van der Waals surface area contributed by atoms with Crippen molar-refractivity contribution in [2.45, 2.75) is 13.0 Å². The summed E-state index contributed by atoms with van der Waals surface area (Å²) < 4.78 is 14.2. The van der Waals surface area contributed by atoms with E-state index in [-0.39, 0.29) is 5.82 Å². The molecule has 1 unspecified atom stereocenters. The van der Waals surface area contributed by atoms with Gasteiger partial charge in [-0.15, -0.1) is 0 Å². The van der Waals surface area contributed by atoms with Crippen molar-refractivity contribution in [1.82, 2.24) is 0 Å². The molecule has 1 atom stereocenters. The van der Waals surface area contributed by atoms with Gasteiger partial charge in [-0.3, -0.25) is 0 Å². The molecule has 0 spiro atoms. The Bertz CT molecular complexity index is 586. The SMILES string of the molecule is Cc1ccc(C(N)c2cc(F)ccc2Cl)c(Br)c1. The topological polar surface area (TPSA) is 26.0 Å². The fourth-order valence-electron chi connectivity index (χ4n) is 1.80. The van der Waals surface area contributed by atoms with Crippen molar-refractivity contribution in [3.8, 4) is 0 Å². The summed E-state index contributed by atoms with van der Waals surface area (Å²) >= 11 is 9.53. The highest BCUT2D eigenvalue weighted by atomic mass is 79.9. The minimum atomic E-state index is -0.455. The molecule has 0 aliphatic carbocycles. The number of halogens is 3. The van der Waals surface area contributed by atoms with E-state index in [9.17, 15) is 4.39 Å². The summed E-state index contributed by atoms with van der Waals surface area (Å²) in [6, 6.07) is 9.63. The molecule has 0 amide bonds. The molecule has 2 aromatic carbocycles. The summed E-state index contributed by atoms with van der Waals surface area (Å²) in [5, 5.41) is 0.469. The van der Waals surface area contributed by atoms with Crippen LogP contribution in [0.2, 0.25) is 5.02 Å². The highest BCUT2D eigenvalue weighted by molar-refractivity contribution is 9.10. The van der Waals surface area contributed by atoms with E-state index < -0.39 is 6.04 Å². The van der Waals surface area contributed by atoms with Gasteiger partial charge in [-0.2, -0.15) is 0 Å². The van der Waals surface area contributed by atoms with Crippen LogP contribution in [0.15, 0.2) is 40.9 Å². The lowest BCUT2D eigenvalue weighted by Crippen LogP contribution is -2.13. The number of hydrogen-bond acceptors (Lipinski definition) is 1. The number of nitrogens with two attached hydrogens (primary N) is 1. The van der Waals surface area contributed by atoms with Gasteiger partial charge in [-0.05, 0) is 47.9 Å². The zero-order valence-electron chi connectivity index (χ0n) is 9.75. The molecule has 0 aromatic heterocycles. The summed E-state index contributed by atoms with van der Waals surface area (Å²) in [4.78, 5) is 0. The Morgan fingerprint density at radius 1 is 1.17 bits per heavy atom. The Morgan fingerprint density at radius 2 is 1.89 bits per heavy atom.